The molecule has 1 aromatic rings. The molecule has 0 aromatic heterocycles. The Morgan fingerprint density at radius 2 is 2.00 bits per heavy atom. The molecular formula is C16H26N2O. The molecule has 3 nitrogen and oxygen atoms in total. The molecule has 0 saturated heterocycles. The first-order chi connectivity index (χ1) is 8.75. The van der Waals surface area contributed by atoms with Crippen molar-refractivity contribution in [1.29, 1.82) is 0 Å². The Morgan fingerprint density at radius 1 is 1.37 bits per heavy atom. The number of aryl methyl sites for hydroxylation is 1. The number of carbonyl (C=O) groups excluding carboxylic acids is 1. The van der Waals surface area contributed by atoms with Crippen LogP contribution in [0.2, 0.25) is 0 Å². The van der Waals surface area contributed by atoms with Gasteiger partial charge in [-0.25, -0.2) is 0 Å². The lowest BCUT2D eigenvalue weighted by Gasteiger charge is -2.31. The zero-order chi connectivity index (χ0) is 14.6. The van der Waals surface area contributed by atoms with Gasteiger partial charge in [0.1, 0.15) is 0 Å². The maximum atomic E-state index is 12.4. The molecule has 1 aromatic carbocycles. The zero-order valence-electron chi connectivity index (χ0n) is 12.7. The number of amides is 1. The molecule has 0 aliphatic carbocycles. The Hall–Kier alpha value is -1.35. The number of nitrogens with zero attached hydrogens (tertiary/aromatic N) is 1. The van der Waals surface area contributed by atoms with Crippen LogP contribution in [0.5, 0.6) is 0 Å². The number of hydrogen-bond acceptors (Lipinski definition) is 2. The molecule has 0 unspecified atom stereocenters. The fraction of sp³-hybridized carbons (Fsp3) is 0.562. The Labute approximate surface area is 116 Å². The summed E-state index contributed by atoms with van der Waals surface area (Å²) in [5.41, 5.74) is 8.21. The summed E-state index contributed by atoms with van der Waals surface area (Å²) in [7, 11) is 0. The lowest BCUT2D eigenvalue weighted by molar-refractivity contribution is -0.135. The zero-order valence-corrected chi connectivity index (χ0v) is 12.7. The molecule has 0 radical (unpaired) electrons. The Kier molecular flexibility index (Phi) is 5.12. The maximum absolute atomic E-state index is 12.4. The maximum Gasteiger partial charge on any atom is 0.240 e. The van der Waals surface area contributed by atoms with E-state index in [1.807, 2.05) is 44.7 Å². The molecule has 3 heteroatoms. The standard InChI is InChI=1S/C16H26N2O/c1-6-18(15(19)14(17)16(3,4)5)11-13-9-7-8-12(2)10-13/h7-10,14H,6,11,17H2,1-5H3/t14-/m0/s1. The summed E-state index contributed by atoms with van der Waals surface area (Å²) >= 11 is 0. The van der Waals surface area contributed by atoms with Crippen molar-refractivity contribution in [3.8, 4) is 0 Å². The first-order valence-electron chi connectivity index (χ1n) is 6.85. The average Bonchev–Trinajstić information content (AvgIpc) is 2.33. The van der Waals surface area contributed by atoms with Gasteiger partial charge < -0.3 is 10.6 Å². The highest BCUT2D eigenvalue weighted by molar-refractivity contribution is 5.82. The van der Waals surface area contributed by atoms with Gasteiger partial charge in [-0.2, -0.15) is 0 Å². The van der Waals surface area contributed by atoms with Crippen molar-refractivity contribution in [1.82, 2.24) is 4.90 Å². The number of rotatable bonds is 4. The van der Waals surface area contributed by atoms with Gasteiger partial charge in [0.2, 0.25) is 5.91 Å². The molecule has 0 spiro atoms. The van der Waals surface area contributed by atoms with E-state index in [0.717, 1.165) is 5.56 Å². The first kappa shape index (κ1) is 15.7. The molecule has 0 fully saturated rings. The van der Waals surface area contributed by atoms with Gasteiger partial charge in [0.05, 0.1) is 6.04 Å². The molecule has 0 saturated carbocycles. The van der Waals surface area contributed by atoms with Gasteiger partial charge >= 0.3 is 0 Å². The molecule has 0 aliphatic rings. The van der Waals surface area contributed by atoms with E-state index < -0.39 is 6.04 Å². The summed E-state index contributed by atoms with van der Waals surface area (Å²) in [4.78, 5) is 14.2. The summed E-state index contributed by atoms with van der Waals surface area (Å²) in [6, 6.07) is 7.77. The predicted octanol–water partition coefficient (Wildman–Crippen LogP) is 2.72. The quantitative estimate of drug-likeness (QED) is 0.907. The van der Waals surface area contributed by atoms with E-state index in [1.54, 1.807) is 0 Å². The summed E-state index contributed by atoms with van der Waals surface area (Å²) in [5.74, 6) is 0.0245. The van der Waals surface area contributed by atoms with Gasteiger partial charge in [0, 0.05) is 13.1 Å². The van der Waals surface area contributed by atoms with Crippen molar-refractivity contribution in [2.45, 2.75) is 47.2 Å². The third kappa shape index (κ3) is 4.35. The van der Waals surface area contributed by atoms with E-state index in [0.29, 0.717) is 13.1 Å². The molecule has 106 valence electrons. The van der Waals surface area contributed by atoms with Crippen LogP contribution in [0.15, 0.2) is 24.3 Å². The largest absolute Gasteiger partial charge is 0.337 e. The second-order valence-electron chi connectivity index (χ2n) is 6.19. The molecule has 2 N–H and O–H groups in total. The predicted molar refractivity (Wildman–Crippen MR) is 79.7 cm³/mol. The highest BCUT2D eigenvalue weighted by Crippen LogP contribution is 2.20. The molecular weight excluding hydrogens is 236 g/mol. The lowest BCUT2D eigenvalue weighted by Crippen LogP contribution is -2.50. The first-order valence-corrected chi connectivity index (χ1v) is 6.85. The summed E-state index contributed by atoms with van der Waals surface area (Å²) in [6.45, 7) is 11.3. The van der Waals surface area contributed by atoms with Gasteiger partial charge in [-0.05, 0) is 24.8 Å². The smallest absolute Gasteiger partial charge is 0.240 e. The van der Waals surface area contributed by atoms with Crippen LogP contribution < -0.4 is 5.73 Å². The van der Waals surface area contributed by atoms with Gasteiger partial charge in [-0.15, -0.1) is 0 Å². The van der Waals surface area contributed by atoms with Gasteiger partial charge in [0.15, 0.2) is 0 Å². The van der Waals surface area contributed by atoms with Crippen LogP contribution >= 0.6 is 0 Å². The van der Waals surface area contributed by atoms with E-state index in [-0.39, 0.29) is 11.3 Å². The van der Waals surface area contributed by atoms with Crippen LogP contribution in [0.3, 0.4) is 0 Å². The highest BCUT2D eigenvalue weighted by atomic mass is 16.2. The molecule has 1 amide bonds. The minimum atomic E-state index is -0.461. The number of nitrogens with two attached hydrogens (primary N) is 1. The van der Waals surface area contributed by atoms with Crippen LogP contribution in [0.25, 0.3) is 0 Å². The van der Waals surface area contributed by atoms with Crippen LogP contribution in [0.1, 0.15) is 38.8 Å². The summed E-state index contributed by atoms with van der Waals surface area (Å²) < 4.78 is 0. The number of benzene rings is 1. The molecule has 0 bridgehead atoms. The van der Waals surface area contributed by atoms with E-state index in [9.17, 15) is 4.79 Å². The second kappa shape index (κ2) is 6.20. The fourth-order valence-corrected chi connectivity index (χ4v) is 1.94. The van der Waals surface area contributed by atoms with Gasteiger partial charge in [0.25, 0.3) is 0 Å². The molecule has 1 rings (SSSR count). The van der Waals surface area contributed by atoms with Crippen molar-refractivity contribution in [3.63, 3.8) is 0 Å². The fourth-order valence-electron chi connectivity index (χ4n) is 1.94. The van der Waals surface area contributed by atoms with Crippen molar-refractivity contribution < 1.29 is 4.79 Å². The van der Waals surface area contributed by atoms with E-state index >= 15 is 0 Å². The third-order valence-corrected chi connectivity index (χ3v) is 3.35. The van der Waals surface area contributed by atoms with Crippen molar-refractivity contribution >= 4 is 5.91 Å². The van der Waals surface area contributed by atoms with Crippen molar-refractivity contribution in [2.75, 3.05) is 6.54 Å². The van der Waals surface area contributed by atoms with Crippen LogP contribution in [-0.2, 0) is 11.3 Å². The molecule has 0 heterocycles. The van der Waals surface area contributed by atoms with Crippen molar-refractivity contribution in [3.05, 3.63) is 35.4 Å². The molecule has 19 heavy (non-hydrogen) atoms. The topological polar surface area (TPSA) is 46.3 Å². The summed E-state index contributed by atoms with van der Waals surface area (Å²) in [6.07, 6.45) is 0. The van der Waals surface area contributed by atoms with Crippen LogP contribution in [0.4, 0.5) is 0 Å². The average molecular weight is 262 g/mol. The molecule has 1 atom stereocenters. The highest BCUT2D eigenvalue weighted by Gasteiger charge is 2.30. The van der Waals surface area contributed by atoms with Gasteiger partial charge in [-0.1, -0.05) is 50.6 Å². The van der Waals surface area contributed by atoms with E-state index in [1.165, 1.54) is 5.56 Å². The van der Waals surface area contributed by atoms with E-state index in [2.05, 4.69) is 19.1 Å². The summed E-state index contributed by atoms with van der Waals surface area (Å²) in [5, 5.41) is 0. The Bertz CT molecular complexity index is 435. The monoisotopic (exact) mass is 262 g/mol. The lowest BCUT2D eigenvalue weighted by atomic mass is 9.86. The SMILES string of the molecule is CCN(Cc1cccc(C)c1)C(=O)[C@H](N)C(C)(C)C. The number of carbonyl (C=O) groups is 1. The van der Waals surface area contributed by atoms with E-state index in [4.69, 9.17) is 5.73 Å². The van der Waals surface area contributed by atoms with Crippen LogP contribution in [-0.4, -0.2) is 23.4 Å². The Balaban J connectivity index is 2.81. The minimum Gasteiger partial charge on any atom is -0.337 e. The second-order valence-corrected chi connectivity index (χ2v) is 6.19. The Morgan fingerprint density at radius 3 is 2.47 bits per heavy atom. The number of likely N-dealkylation sites (N-methyl/N-ethyl adjacent to an activating group) is 1. The van der Waals surface area contributed by atoms with Crippen LogP contribution in [0, 0.1) is 12.3 Å². The third-order valence-electron chi connectivity index (χ3n) is 3.35. The van der Waals surface area contributed by atoms with Gasteiger partial charge in [-0.3, -0.25) is 4.79 Å². The minimum absolute atomic E-state index is 0.0245. The van der Waals surface area contributed by atoms with Crippen molar-refractivity contribution in [2.24, 2.45) is 11.1 Å². The number of hydrogen-bond donors (Lipinski definition) is 1. The normalized spacial score (nSPS) is 13.2. The molecule has 0 aliphatic heterocycles.